The molecule has 0 N–H and O–H groups in total. The molecular formula is C27H19BrCl4N2O4. The van der Waals surface area contributed by atoms with Crippen LogP contribution >= 0.6 is 62.3 Å². The van der Waals surface area contributed by atoms with Gasteiger partial charge in [0.05, 0.1) is 43.9 Å². The van der Waals surface area contributed by atoms with Crippen LogP contribution in [0.25, 0.3) is 0 Å². The van der Waals surface area contributed by atoms with Crippen molar-refractivity contribution < 1.29 is 19.1 Å². The molecule has 6 nitrogen and oxygen atoms in total. The lowest BCUT2D eigenvalue weighted by Crippen LogP contribution is -2.67. The van der Waals surface area contributed by atoms with Crippen LogP contribution in [0.5, 0.6) is 5.75 Å². The van der Waals surface area contributed by atoms with Gasteiger partial charge >= 0.3 is 0 Å². The molecule has 3 aromatic carbocycles. The van der Waals surface area contributed by atoms with E-state index in [1.54, 1.807) is 29.2 Å². The Labute approximate surface area is 247 Å². The predicted molar refractivity (Wildman–Crippen MR) is 152 cm³/mol. The molecule has 0 radical (unpaired) electrons. The topological polar surface area (TPSA) is 66.9 Å². The molecule has 0 aliphatic carbocycles. The number of β-lactam (4-membered cyclic amide) rings is 1. The van der Waals surface area contributed by atoms with Gasteiger partial charge in [0, 0.05) is 10.2 Å². The van der Waals surface area contributed by atoms with Crippen molar-refractivity contribution in [2.24, 2.45) is 0 Å². The van der Waals surface area contributed by atoms with Gasteiger partial charge in [0.1, 0.15) is 11.8 Å². The first-order valence-corrected chi connectivity index (χ1v) is 14.0. The number of unbranched alkanes of at least 4 members (excludes halogenated alkanes) is 1. The summed E-state index contributed by atoms with van der Waals surface area (Å²) in [6.45, 7) is 2.67. The summed E-state index contributed by atoms with van der Waals surface area (Å²) >= 11 is 28.4. The monoisotopic (exact) mass is 654 g/mol. The molecule has 0 spiro atoms. The summed E-state index contributed by atoms with van der Waals surface area (Å²) in [6.07, 6.45) is 1.94. The van der Waals surface area contributed by atoms with Crippen molar-refractivity contribution >= 4 is 85.7 Å². The number of halogens is 5. The van der Waals surface area contributed by atoms with Crippen molar-refractivity contribution in [2.45, 2.75) is 31.8 Å². The Kier molecular flexibility index (Phi) is 7.68. The van der Waals surface area contributed by atoms with Crippen LogP contribution in [-0.2, 0) is 4.79 Å². The van der Waals surface area contributed by atoms with E-state index in [0.717, 1.165) is 22.2 Å². The van der Waals surface area contributed by atoms with Crippen LogP contribution in [0.1, 0.15) is 52.1 Å². The van der Waals surface area contributed by atoms with E-state index in [4.69, 9.17) is 51.1 Å². The summed E-state index contributed by atoms with van der Waals surface area (Å²) in [5.74, 6) is -1.26. The first-order chi connectivity index (χ1) is 18.2. The third kappa shape index (κ3) is 4.38. The number of hydrogen-bond donors (Lipinski definition) is 0. The Bertz CT molecular complexity index is 1420. The molecule has 5 rings (SSSR count). The molecule has 196 valence electrons. The van der Waals surface area contributed by atoms with E-state index in [0.29, 0.717) is 23.6 Å². The van der Waals surface area contributed by atoms with Gasteiger partial charge in [-0.05, 0) is 48.4 Å². The van der Waals surface area contributed by atoms with Gasteiger partial charge in [0.2, 0.25) is 0 Å². The average Bonchev–Trinajstić information content (AvgIpc) is 3.16. The number of anilines is 1. The van der Waals surface area contributed by atoms with Gasteiger partial charge in [-0.25, -0.2) is 0 Å². The highest BCUT2D eigenvalue weighted by Crippen LogP contribution is 2.49. The fourth-order valence-corrected chi connectivity index (χ4v) is 5.94. The maximum Gasteiger partial charge on any atom is 0.264 e. The second-order valence-corrected chi connectivity index (χ2v) is 11.3. The number of benzene rings is 3. The molecule has 11 heteroatoms. The Hall–Kier alpha value is -2.29. The SMILES string of the molecule is CCCCOc1ccc([C@H]2[C@@H](N3C(=O)c4c(Cl)c(Cl)c(Cl)c(Cl)c4C3=O)C(=O)N2c2ccc(Br)cc2)cc1. The summed E-state index contributed by atoms with van der Waals surface area (Å²) in [6, 6.07) is 12.6. The summed E-state index contributed by atoms with van der Waals surface area (Å²) in [5.41, 5.74) is 1.00. The van der Waals surface area contributed by atoms with Gasteiger partial charge in [-0.1, -0.05) is 87.8 Å². The standard InChI is InChI=1S/C27H19BrCl4N2O4/c1-2-3-12-38-16-10-4-13(5-11-16)23-24(27(37)33(23)15-8-6-14(28)7-9-15)34-25(35)17-18(26(34)36)20(30)22(32)21(31)19(17)29/h4-11,23-24H,2-3,12H2,1H3/t23-,24+/m0/s1. The van der Waals surface area contributed by atoms with Crippen molar-refractivity contribution in [1.82, 2.24) is 4.90 Å². The summed E-state index contributed by atoms with van der Waals surface area (Å²) in [7, 11) is 0. The summed E-state index contributed by atoms with van der Waals surface area (Å²) < 4.78 is 6.61. The van der Waals surface area contributed by atoms with Gasteiger partial charge in [0.15, 0.2) is 0 Å². The second kappa shape index (κ2) is 10.7. The summed E-state index contributed by atoms with van der Waals surface area (Å²) in [4.78, 5) is 43.2. The van der Waals surface area contributed by atoms with Crippen LogP contribution in [-0.4, -0.2) is 35.3 Å². The average molecular weight is 657 g/mol. The van der Waals surface area contributed by atoms with Crippen LogP contribution in [0.4, 0.5) is 5.69 Å². The smallest absolute Gasteiger partial charge is 0.264 e. The van der Waals surface area contributed by atoms with Crippen LogP contribution in [0.15, 0.2) is 53.0 Å². The number of hydrogen-bond acceptors (Lipinski definition) is 4. The maximum atomic E-state index is 13.6. The van der Waals surface area contributed by atoms with Gasteiger partial charge in [-0.2, -0.15) is 0 Å². The second-order valence-electron chi connectivity index (χ2n) is 8.83. The molecule has 0 saturated carbocycles. The molecule has 2 heterocycles. The molecule has 3 aromatic rings. The lowest BCUT2D eigenvalue weighted by Gasteiger charge is -2.49. The van der Waals surface area contributed by atoms with Gasteiger partial charge in [-0.3, -0.25) is 19.3 Å². The van der Waals surface area contributed by atoms with Crippen LogP contribution in [0.2, 0.25) is 20.1 Å². The lowest BCUT2D eigenvalue weighted by atomic mass is 9.86. The van der Waals surface area contributed by atoms with Gasteiger partial charge < -0.3 is 9.64 Å². The fraction of sp³-hybridized carbons (Fsp3) is 0.222. The highest BCUT2D eigenvalue weighted by molar-refractivity contribution is 9.10. The number of fused-ring (bicyclic) bond motifs is 1. The number of carbonyl (C=O) groups is 3. The van der Waals surface area contributed by atoms with E-state index in [-0.39, 0.29) is 31.2 Å². The van der Waals surface area contributed by atoms with Crippen molar-refractivity contribution in [2.75, 3.05) is 11.5 Å². The van der Waals surface area contributed by atoms with Crippen molar-refractivity contribution in [3.8, 4) is 5.75 Å². The highest BCUT2D eigenvalue weighted by Gasteiger charge is 2.58. The molecule has 3 amide bonds. The third-order valence-corrected chi connectivity index (χ3v) is 8.90. The molecule has 2 aliphatic rings. The molecular weight excluding hydrogens is 638 g/mol. The van der Waals surface area contributed by atoms with E-state index < -0.39 is 29.8 Å². The maximum absolute atomic E-state index is 13.6. The predicted octanol–water partition coefficient (Wildman–Crippen LogP) is 7.99. The van der Waals surface area contributed by atoms with E-state index in [1.807, 2.05) is 24.3 Å². The first kappa shape index (κ1) is 27.3. The largest absolute Gasteiger partial charge is 0.494 e. The number of rotatable bonds is 7. The van der Waals surface area contributed by atoms with Crippen molar-refractivity contribution in [3.05, 3.63) is 89.8 Å². The van der Waals surface area contributed by atoms with Crippen LogP contribution in [0, 0.1) is 0 Å². The Morgan fingerprint density at radius 3 is 1.84 bits per heavy atom. The lowest BCUT2D eigenvalue weighted by molar-refractivity contribution is -0.130. The third-order valence-electron chi connectivity index (χ3n) is 6.57. The minimum Gasteiger partial charge on any atom is -0.494 e. The van der Waals surface area contributed by atoms with E-state index >= 15 is 0 Å². The van der Waals surface area contributed by atoms with Crippen molar-refractivity contribution in [1.29, 1.82) is 0 Å². The number of imide groups is 1. The zero-order valence-electron chi connectivity index (χ0n) is 19.8. The fourth-order valence-electron chi connectivity index (χ4n) is 4.66. The number of amides is 3. The van der Waals surface area contributed by atoms with Gasteiger partial charge in [-0.15, -0.1) is 0 Å². The number of nitrogens with zero attached hydrogens (tertiary/aromatic N) is 2. The van der Waals surface area contributed by atoms with Gasteiger partial charge in [0.25, 0.3) is 17.7 Å². The van der Waals surface area contributed by atoms with E-state index in [1.165, 1.54) is 0 Å². The zero-order chi connectivity index (χ0) is 27.3. The molecule has 0 aromatic heterocycles. The number of ether oxygens (including phenoxy) is 1. The molecule has 1 saturated heterocycles. The first-order valence-electron chi connectivity index (χ1n) is 11.7. The van der Waals surface area contributed by atoms with Crippen LogP contribution < -0.4 is 9.64 Å². The highest BCUT2D eigenvalue weighted by atomic mass is 79.9. The summed E-state index contributed by atoms with van der Waals surface area (Å²) in [5, 5.41) is -0.629. The minimum atomic E-state index is -1.14. The minimum absolute atomic E-state index is 0.133. The molecule has 0 bridgehead atoms. The van der Waals surface area contributed by atoms with Crippen molar-refractivity contribution in [3.63, 3.8) is 0 Å². The van der Waals surface area contributed by atoms with E-state index in [2.05, 4.69) is 22.9 Å². The van der Waals surface area contributed by atoms with E-state index in [9.17, 15) is 14.4 Å². The molecule has 2 aliphatic heterocycles. The zero-order valence-corrected chi connectivity index (χ0v) is 24.4. The molecule has 38 heavy (non-hydrogen) atoms. The Balaban J connectivity index is 1.56. The Morgan fingerprint density at radius 1 is 0.763 bits per heavy atom. The van der Waals surface area contributed by atoms with Crippen LogP contribution in [0.3, 0.4) is 0 Å². The Morgan fingerprint density at radius 2 is 1.32 bits per heavy atom. The molecule has 0 unspecified atom stereocenters. The number of carbonyl (C=O) groups excluding carboxylic acids is 3. The molecule has 1 fully saturated rings. The normalized spacial score (nSPS) is 18.6. The quantitative estimate of drug-likeness (QED) is 0.0850. The molecule has 2 atom stereocenters.